The zero-order chi connectivity index (χ0) is 108. The third-order valence-corrected chi connectivity index (χ3v) is 28.4. The molecule has 20 rings (SSSR count). The number of carbonyl (C=O) groups excluding carboxylic acids is 8. The molecule has 14 aromatic rings. The van der Waals surface area contributed by atoms with Crippen LogP contribution in [0.2, 0.25) is 0 Å². The number of carbonyl (C=O) groups is 8. The van der Waals surface area contributed by atoms with Gasteiger partial charge in [-0.1, -0.05) is 147 Å². The first kappa shape index (κ1) is 106. The standard InChI is InChI=1S/C30H36N6O2.C29H35N7O2.C28H34N8O2.C27H29FN6O2/c1-19-9-8-10-21(15-19)24-16-22(29(3,4)5)26-32-25(17-36(26)33-24)28(38)35-14-13-34(18-30(35,6)7)27(37)23-12-11-20(2)31-23;1-18-9-8-10-20(13-18)22-15-21(28(3,4)5)25-30-24(16-36(25)33-22)27(38)35-12-11-34(17-29(35,6)7)26(37)23-14-19(2)31-32-23;1-17-9-8-10-19(13-17)21-14-20(27(3,4)5)24-30-22(15-36(24)33-21)25(37)35-12-11-34(16-28(35,6)7)26(38)23-29-18(2)31-32-23;1-16(2)20-13-22(18-6-7-21(28)17(3)12-18)31-34-15-23(30-24(20)34)25(35)33-11-10-32(19-8-9-29-14-19)26(36)27(33,4)5/h8-10,12,15-17H,11,13-14,18H2,1-7H3;8-10,13-16H,11-12,17H2,1-7H3,(H,31,32);8-10,13-15H,11-12,16H2,1-7H3,(H,29,31,32);6-8,12-16H,9-11H2,1-5H3. The van der Waals surface area contributed by atoms with Gasteiger partial charge in [0.15, 0.2) is 22.6 Å². The number of nitrogens with zero attached hydrogens (tertiary/aromatic N) is 25. The molecule has 4 aromatic carbocycles. The van der Waals surface area contributed by atoms with E-state index in [1.165, 1.54) is 6.07 Å². The molecule has 4 fully saturated rings. The van der Waals surface area contributed by atoms with Crippen molar-refractivity contribution < 1.29 is 42.7 Å². The second-order valence-electron chi connectivity index (χ2n) is 45.8. The molecule has 0 saturated carbocycles. The molecule has 8 amide bonds. The molecule has 780 valence electrons. The van der Waals surface area contributed by atoms with Crippen LogP contribution < -0.4 is 0 Å². The fourth-order valence-electron chi connectivity index (χ4n) is 20.1. The predicted molar refractivity (Wildman–Crippen MR) is 575 cm³/mol. The average molecular weight is 2030 g/mol. The second kappa shape index (κ2) is 40.4. The molecule has 0 spiro atoms. The summed E-state index contributed by atoms with van der Waals surface area (Å²) in [6.45, 7) is 57.2. The lowest BCUT2D eigenvalue weighted by Crippen LogP contribution is -2.64. The van der Waals surface area contributed by atoms with E-state index in [0.29, 0.717) is 153 Å². The van der Waals surface area contributed by atoms with Crippen molar-refractivity contribution in [2.45, 2.75) is 231 Å². The van der Waals surface area contributed by atoms with Crippen LogP contribution in [0.15, 0.2) is 180 Å². The Hall–Kier alpha value is -15.8. The Kier molecular flexibility index (Phi) is 28.4. The summed E-state index contributed by atoms with van der Waals surface area (Å²) in [4.78, 5) is 153. The van der Waals surface area contributed by atoms with Gasteiger partial charge in [-0.15, -0.1) is 5.10 Å². The highest BCUT2D eigenvalue weighted by Crippen LogP contribution is 2.39. The van der Waals surface area contributed by atoms with E-state index in [1.807, 2.05) is 134 Å². The molecule has 150 heavy (non-hydrogen) atoms. The number of hydrogen-bond donors (Lipinski definition) is 2. The molecule has 0 bridgehead atoms. The topological polar surface area (TPSA) is 378 Å². The lowest BCUT2D eigenvalue weighted by atomic mass is 9.87. The highest BCUT2D eigenvalue weighted by molar-refractivity contribution is 6.03. The molecule has 6 aliphatic rings. The number of hydrogen-bond acceptors (Lipinski definition) is 21. The maximum atomic E-state index is 13.8. The van der Waals surface area contributed by atoms with Gasteiger partial charge < -0.3 is 39.2 Å². The van der Waals surface area contributed by atoms with Gasteiger partial charge in [-0.3, -0.25) is 58.5 Å². The van der Waals surface area contributed by atoms with Gasteiger partial charge >= 0.3 is 0 Å². The molecule has 36 heteroatoms. The number of aliphatic imine (C=N–C) groups is 2. The molecule has 4 saturated heterocycles. The Balaban J connectivity index is 0.000000136. The minimum atomic E-state index is -1.05. The number of benzene rings is 4. The van der Waals surface area contributed by atoms with Gasteiger partial charge in [0.1, 0.15) is 51.3 Å². The van der Waals surface area contributed by atoms with Crippen molar-refractivity contribution in [1.82, 2.24) is 123 Å². The second-order valence-corrected chi connectivity index (χ2v) is 45.8. The van der Waals surface area contributed by atoms with Crippen LogP contribution in [0.5, 0.6) is 0 Å². The number of piperazine rings is 4. The van der Waals surface area contributed by atoms with Gasteiger partial charge in [-0.25, -0.2) is 47.4 Å². The zero-order valence-corrected chi connectivity index (χ0v) is 90.7. The van der Waals surface area contributed by atoms with Gasteiger partial charge in [-0.05, 0) is 210 Å². The predicted octanol–water partition coefficient (Wildman–Crippen LogP) is 17.0. The molecule has 16 heterocycles. The van der Waals surface area contributed by atoms with Crippen LogP contribution in [-0.4, -0.2) is 283 Å². The van der Waals surface area contributed by atoms with Crippen molar-refractivity contribution in [2.75, 3.05) is 78.5 Å². The van der Waals surface area contributed by atoms with E-state index in [0.717, 1.165) is 95.4 Å². The fourth-order valence-corrected chi connectivity index (χ4v) is 20.1. The summed E-state index contributed by atoms with van der Waals surface area (Å²) in [5, 5.41) is 32.8. The number of amides is 8. The van der Waals surface area contributed by atoms with Gasteiger partial charge in [0.25, 0.3) is 47.3 Å². The third-order valence-electron chi connectivity index (χ3n) is 28.4. The van der Waals surface area contributed by atoms with E-state index in [4.69, 9.17) is 30.2 Å². The van der Waals surface area contributed by atoms with Crippen molar-refractivity contribution in [3.8, 4) is 45.0 Å². The number of fused-ring (bicyclic) bond motifs is 4. The maximum Gasteiger partial charge on any atom is 0.293 e. The normalized spacial score (nSPS) is 16.6. The highest BCUT2D eigenvalue weighted by Gasteiger charge is 2.48. The van der Waals surface area contributed by atoms with E-state index >= 15 is 0 Å². The number of nitrogens with one attached hydrogen (secondary N) is 2. The lowest BCUT2D eigenvalue weighted by Gasteiger charge is -2.46. The summed E-state index contributed by atoms with van der Waals surface area (Å²) in [6.07, 6.45) is 13.0. The summed E-state index contributed by atoms with van der Waals surface area (Å²) >= 11 is 0. The number of aromatic nitrogens is 17. The number of imidazole rings is 4. The van der Waals surface area contributed by atoms with Crippen LogP contribution in [0.3, 0.4) is 0 Å². The number of rotatable bonds is 13. The van der Waals surface area contributed by atoms with E-state index < -0.39 is 22.2 Å². The molecule has 0 aliphatic carbocycles. The Morgan fingerprint density at radius 3 is 1.17 bits per heavy atom. The first-order valence-electron chi connectivity index (χ1n) is 51.0. The molecule has 2 N–H and O–H groups in total. The Morgan fingerprint density at radius 2 is 0.807 bits per heavy atom. The fraction of sp³-hybridized carbons (Fsp3) is 0.412. The number of H-pyrrole nitrogens is 2. The van der Waals surface area contributed by atoms with E-state index in [1.54, 1.807) is 124 Å². The van der Waals surface area contributed by atoms with E-state index in [-0.39, 0.29) is 86.8 Å². The molecular weight excluding hydrogens is 1890 g/mol. The zero-order valence-electron chi connectivity index (χ0n) is 90.7. The van der Waals surface area contributed by atoms with Crippen LogP contribution in [0.1, 0.15) is 270 Å². The quantitative estimate of drug-likeness (QED) is 0.108. The van der Waals surface area contributed by atoms with Crippen LogP contribution >= 0.6 is 0 Å². The van der Waals surface area contributed by atoms with Crippen LogP contribution in [0.25, 0.3) is 67.6 Å². The van der Waals surface area contributed by atoms with Crippen molar-refractivity contribution in [2.24, 2.45) is 9.98 Å². The molecule has 10 aromatic heterocycles. The van der Waals surface area contributed by atoms with Crippen molar-refractivity contribution >= 4 is 81.8 Å². The Labute approximate surface area is 872 Å². The van der Waals surface area contributed by atoms with Gasteiger partial charge in [0.2, 0.25) is 5.82 Å². The smallest absolute Gasteiger partial charge is 0.293 e. The summed E-state index contributed by atoms with van der Waals surface area (Å²) in [5.74, 6) is -0.853. The highest BCUT2D eigenvalue weighted by atomic mass is 19.1. The summed E-state index contributed by atoms with van der Waals surface area (Å²) < 4.78 is 20.6. The third kappa shape index (κ3) is 21.7. The molecule has 6 aliphatic heterocycles. The Bertz CT molecular complexity index is 7630. The van der Waals surface area contributed by atoms with Gasteiger partial charge in [0.05, 0.1) is 76.4 Å². The SMILES string of the molecule is CC1=NC(C(=O)N2CCN(C(=O)c3cn4nc(-c5cccc(C)c5)cc(C(C)(C)C)c4n3)C(C)(C)C2)=CC1.Cc1cc(-c2cc(C(C)C)c3nc(C(=O)N4CCN(C5=CCN=C5)C(=O)C4(C)C)cn3n2)ccc1F.Cc1cccc(-c2cc(C(C)(C)C)c3nc(C(=O)N4CCN(C(=O)c5cc(C)[nH]n5)CC4(C)C)cn3n2)c1.Cc1cccc(-c2cc(C(C)(C)C)c3nc(C(=O)N4CCN(C(=O)c5n[nH]c(C)n5)CC4(C)C)cn3n2)c1. The van der Waals surface area contributed by atoms with Gasteiger partial charge in [-0.2, -0.15) is 25.5 Å². The summed E-state index contributed by atoms with van der Waals surface area (Å²) in [7, 11) is 0. The Morgan fingerprint density at radius 1 is 0.407 bits per heavy atom. The molecule has 0 radical (unpaired) electrons. The molecule has 35 nitrogen and oxygen atoms in total. The van der Waals surface area contributed by atoms with Crippen LogP contribution in [-0.2, 0) is 25.8 Å². The van der Waals surface area contributed by atoms with Crippen LogP contribution in [0.4, 0.5) is 4.39 Å². The largest absolute Gasteiger partial charge is 0.333 e. The minimum absolute atomic E-state index is 0.0718. The number of aryl methyl sites for hydroxylation is 6. The molecular formula is C114H134FN27O8. The average Bonchev–Trinajstić information content (AvgIpc) is 1.70. The first-order valence-corrected chi connectivity index (χ1v) is 51.0. The van der Waals surface area contributed by atoms with Crippen molar-refractivity contribution in [3.05, 3.63) is 266 Å². The monoisotopic (exact) mass is 2030 g/mol. The van der Waals surface area contributed by atoms with Crippen LogP contribution in [0, 0.1) is 47.4 Å². The van der Waals surface area contributed by atoms with Crippen molar-refractivity contribution in [3.63, 3.8) is 0 Å². The van der Waals surface area contributed by atoms with Crippen molar-refractivity contribution in [1.29, 1.82) is 0 Å². The minimum Gasteiger partial charge on any atom is -0.333 e. The molecule has 0 unspecified atom stereocenters. The van der Waals surface area contributed by atoms with Gasteiger partial charge in [0, 0.05) is 141 Å². The summed E-state index contributed by atoms with van der Waals surface area (Å²) in [6, 6.07) is 39.5. The number of allylic oxidation sites excluding steroid dienone is 2. The summed E-state index contributed by atoms with van der Waals surface area (Å²) in [5.41, 5.74) is 18.9. The first-order chi connectivity index (χ1) is 70.6. The maximum absolute atomic E-state index is 13.8. The van der Waals surface area contributed by atoms with E-state index in [9.17, 15) is 42.7 Å². The number of aromatic amines is 2. The lowest BCUT2D eigenvalue weighted by molar-refractivity contribution is -0.143. The molecule has 0 atom stereocenters. The number of halogens is 1. The van der Waals surface area contributed by atoms with E-state index in [2.05, 4.69) is 183 Å².